The third-order valence-electron chi connectivity index (χ3n) is 3.41. The van der Waals surface area contributed by atoms with Gasteiger partial charge in [-0.15, -0.1) is 10.2 Å². The van der Waals surface area contributed by atoms with Crippen LogP contribution in [0.4, 0.5) is 19.6 Å². The van der Waals surface area contributed by atoms with E-state index in [0.717, 1.165) is 0 Å². The Kier molecular flexibility index (Phi) is 5.07. The molecule has 10 heteroatoms. The highest BCUT2D eigenvalue weighted by Crippen LogP contribution is 2.30. The molecule has 0 radical (unpaired) electrons. The predicted molar refractivity (Wildman–Crippen MR) is 98.8 cm³/mol. The molecule has 2 heterocycles. The summed E-state index contributed by atoms with van der Waals surface area (Å²) in [4.78, 5) is 4.28. The van der Waals surface area contributed by atoms with Gasteiger partial charge in [0.15, 0.2) is 4.34 Å². The molecule has 4 rings (SSSR count). The van der Waals surface area contributed by atoms with Crippen LogP contribution < -0.4 is 5.32 Å². The number of hydrogen-bond donors (Lipinski definition) is 1. The molecular formula is C17H11F2N5OS2. The van der Waals surface area contributed by atoms with E-state index in [1.165, 1.54) is 41.3 Å². The van der Waals surface area contributed by atoms with Crippen LogP contribution >= 0.6 is 23.1 Å². The topological polar surface area (TPSA) is 76.7 Å². The summed E-state index contributed by atoms with van der Waals surface area (Å²) in [5.74, 6) is 0.529. The number of aromatic nitrogens is 4. The molecule has 2 aromatic heterocycles. The molecule has 136 valence electrons. The van der Waals surface area contributed by atoms with E-state index in [0.29, 0.717) is 38.2 Å². The van der Waals surface area contributed by atoms with Crippen LogP contribution in [0.2, 0.25) is 0 Å². The van der Waals surface area contributed by atoms with Crippen molar-refractivity contribution < 1.29 is 13.3 Å². The lowest BCUT2D eigenvalue weighted by molar-refractivity contribution is 0.391. The number of anilines is 2. The van der Waals surface area contributed by atoms with Gasteiger partial charge < -0.3 is 9.84 Å². The first kappa shape index (κ1) is 17.6. The van der Waals surface area contributed by atoms with Crippen LogP contribution in [0.3, 0.4) is 0 Å². The summed E-state index contributed by atoms with van der Waals surface area (Å²) in [6.45, 7) is 0. The third-order valence-corrected chi connectivity index (χ3v) is 5.37. The molecule has 0 saturated carbocycles. The van der Waals surface area contributed by atoms with Crippen LogP contribution in [0.5, 0.6) is 0 Å². The quantitative estimate of drug-likeness (QED) is 0.459. The van der Waals surface area contributed by atoms with Gasteiger partial charge in [0, 0.05) is 5.56 Å². The van der Waals surface area contributed by atoms with Gasteiger partial charge in [0.25, 0.3) is 0 Å². The van der Waals surface area contributed by atoms with E-state index in [9.17, 15) is 8.78 Å². The van der Waals surface area contributed by atoms with Crippen molar-refractivity contribution in [3.8, 4) is 11.4 Å². The molecule has 1 N–H and O–H groups in total. The number of halogens is 2. The van der Waals surface area contributed by atoms with Gasteiger partial charge in [-0.1, -0.05) is 40.4 Å². The van der Waals surface area contributed by atoms with E-state index in [4.69, 9.17) is 4.52 Å². The Balaban J connectivity index is 1.38. The lowest BCUT2D eigenvalue weighted by Gasteiger charge is -2.01. The van der Waals surface area contributed by atoms with Crippen LogP contribution in [-0.2, 0) is 5.75 Å². The van der Waals surface area contributed by atoms with E-state index in [1.807, 2.05) is 0 Å². The summed E-state index contributed by atoms with van der Waals surface area (Å²) in [5.41, 5.74) is 1.01. The summed E-state index contributed by atoms with van der Waals surface area (Å²) in [7, 11) is 0. The zero-order valence-corrected chi connectivity index (χ0v) is 15.2. The number of benzene rings is 2. The summed E-state index contributed by atoms with van der Waals surface area (Å²) in [6.07, 6.45) is 0. The van der Waals surface area contributed by atoms with Crippen molar-refractivity contribution in [1.82, 2.24) is 20.3 Å². The second-order valence-electron chi connectivity index (χ2n) is 5.29. The minimum atomic E-state index is -0.360. The van der Waals surface area contributed by atoms with Gasteiger partial charge in [-0.3, -0.25) is 0 Å². The molecule has 0 spiro atoms. The van der Waals surface area contributed by atoms with Crippen LogP contribution in [-0.4, -0.2) is 20.3 Å². The maximum atomic E-state index is 13.7. The molecule has 2 aromatic carbocycles. The van der Waals surface area contributed by atoms with E-state index >= 15 is 0 Å². The van der Waals surface area contributed by atoms with Gasteiger partial charge in [0.05, 0.1) is 11.4 Å². The molecule has 0 bridgehead atoms. The van der Waals surface area contributed by atoms with Gasteiger partial charge in [-0.25, -0.2) is 8.78 Å². The summed E-state index contributed by atoms with van der Waals surface area (Å²) >= 11 is 2.67. The largest absolute Gasteiger partial charge is 0.338 e. The molecular weight excluding hydrogens is 392 g/mol. The van der Waals surface area contributed by atoms with Crippen molar-refractivity contribution in [2.75, 3.05) is 5.32 Å². The molecule has 0 amide bonds. The Morgan fingerprint density at radius 1 is 1.04 bits per heavy atom. The zero-order chi connectivity index (χ0) is 18.6. The van der Waals surface area contributed by atoms with Crippen molar-refractivity contribution in [2.45, 2.75) is 10.1 Å². The summed E-state index contributed by atoms with van der Waals surface area (Å²) in [6, 6.07) is 12.2. The molecule has 0 unspecified atom stereocenters. The second-order valence-corrected chi connectivity index (χ2v) is 7.49. The molecule has 0 aliphatic rings. The van der Waals surface area contributed by atoms with Crippen molar-refractivity contribution in [2.24, 2.45) is 0 Å². The minimum absolute atomic E-state index is 0.325. The van der Waals surface area contributed by atoms with Crippen LogP contribution in [0, 0.1) is 11.6 Å². The Morgan fingerprint density at radius 2 is 1.85 bits per heavy atom. The van der Waals surface area contributed by atoms with Gasteiger partial charge in [0.1, 0.15) is 11.6 Å². The molecule has 0 fully saturated rings. The van der Waals surface area contributed by atoms with Crippen molar-refractivity contribution in [3.63, 3.8) is 0 Å². The van der Waals surface area contributed by atoms with E-state index in [-0.39, 0.29) is 11.6 Å². The predicted octanol–water partition coefficient (Wildman–Crippen LogP) is 4.90. The maximum absolute atomic E-state index is 13.7. The number of nitrogens with zero attached hydrogens (tertiary/aromatic N) is 4. The molecule has 4 aromatic rings. The van der Waals surface area contributed by atoms with E-state index in [2.05, 4.69) is 25.7 Å². The van der Waals surface area contributed by atoms with Crippen LogP contribution in [0.25, 0.3) is 11.4 Å². The third kappa shape index (κ3) is 4.29. The van der Waals surface area contributed by atoms with Crippen LogP contribution in [0.15, 0.2) is 57.4 Å². The van der Waals surface area contributed by atoms with E-state index < -0.39 is 0 Å². The molecule has 0 aliphatic carbocycles. The Hall–Kier alpha value is -2.85. The Bertz CT molecular complexity index is 1050. The monoisotopic (exact) mass is 403 g/mol. The summed E-state index contributed by atoms with van der Waals surface area (Å²) in [5, 5.41) is 15.3. The fraction of sp³-hybridized carbons (Fsp3) is 0.0588. The van der Waals surface area contributed by atoms with Crippen LogP contribution in [0.1, 0.15) is 5.89 Å². The highest BCUT2D eigenvalue weighted by molar-refractivity contribution is 8.00. The maximum Gasteiger partial charge on any atom is 0.237 e. The van der Waals surface area contributed by atoms with Crippen molar-refractivity contribution in [1.29, 1.82) is 0 Å². The standard InChI is InChI=1S/C17H11F2N5OS2/c18-11-7-5-10(6-8-11)15-21-14(25-24-15)9-26-17-23-22-16(27-17)20-13-4-2-1-3-12(13)19/h1-8H,9H2,(H,20,22). The lowest BCUT2D eigenvalue weighted by atomic mass is 10.2. The lowest BCUT2D eigenvalue weighted by Crippen LogP contribution is -1.92. The van der Waals surface area contributed by atoms with Crippen molar-refractivity contribution >= 4 is 33.9 Å². The number of rotatable bonds is 6. The average Bonchev–Trinajstić information content (AvgIpc) is 3.32. The molecule has 0 saturated heterocycles. The zero-order valence-electron chi connectivity index (χ0n) is 13.6. The highest BCUT2D eigenvalue weighted by atomic mass is 32.2. The second kappa shape index (κ2) is 7.80. The van der Waals surface area contributed by atoms with Gasteiger partial charge >= 0.3 is 0 Å². The first-order chi connectivity index (χ1) is 13.2. The first-order valence-corrected chi connectivity index (χ1v) is 9.54. The SMILES string of the molecule is Fc1ccc(-c2noc(CSc3nnc(Nc4ccccc4F)s3)n2)cc1. The first-order valence-electron chi connectivity index (χ1n) is 7.74. The Labute approximate surface area is 160 Å². The number of para-hydroxylation sites is 1. The normalized spacial score (nSPS) is 10.9. The number of nitrogens with one attached hydrogen (secondary N) is 1. The highest BCUT2D eigenvalue weighted by Gasteiger charge is 2.12. The summed E-state index contributed by atoms with van der Waals surface area (Å²) < 4.78 is 32.5. The molecule has 0 atom stereocenters. The molecule has 6 nitrogen and oxygen atoms in total. The van der Waals surface area contributed by atoms with Gasteiger partial charge in [0.2, 0.25) is 16.8 Å². The van der Waals surface area contributed by atoms with Crippen molar-refractivity contribution in [3.05, 3.63) is 66.1 Å². The van der Waals surface area contributed by atoms with Gasteiger partial charge in [-0.05, 0) is 36.4 Å². The molecule has 0 aliphatic heterocycles. The van der Waals surface area contributed by atoms with E-state index in [1.54, 1.807) is 30.3 Å². The smallest absolute Gasteiger partial charge is 0.237 e. The Morgan fingerprint density at radius 3 is 2.67 bits per heavy atom. The fourth-order valence-electron chi connectivity index (χ4n) is 2.15. The number of hydrogen-bond acceptors (Lipinski definition) is 8. The average molecular weight is 403 g/mol. The minimum Gasteiger partial charge on any atom is -0.338 e. The number of thioether (sulfide) groups is 1. The fourth-order valence-corrected chi connectivity index (χ4v) is 3.75. The molecule has 27 heavy (non-hydrogen) atoms. The van der Waals surface area contributed by atoms with Gasteiger partial charge in [-0.2, -0.15) is 4.98 Å².